The van der Waals surface area contributed by atoms with E-state index < -0.39 is 23.3 Å². The van der Waals surface area contributed by atoms with Gasteiger partial charge in [-0.25, -0.2) is 5.48 Å². The maximum Gasteiger partial charge on any atom is 0.278 e. The van der Waals surface area contributed by atoms with Gasteiger partial charge in [0.15, 0.2) is 5.54 Å². The first-order valence-electron chi connectivity index (χ1n) is 10.0. The largest absolute Gasteiger partial charge is 0.357 e. The van der Waals surface area contributed by atoms with Crippen LogP contribution < -0.4 is 16.1 Å². The molecule has 2 aromatic rings. The molecule has 0 aliphatic rings. The molecule has 0 unspecified atom stereocenters. The maximum absolute atomic E-state index is 12.9. The van der Waals surface area contributed by atoms with Crippen molar-refractivity contribution in [2.75, 3.05) is 20.6 Å². The third kappa shape index (κ3) is 5.95. The number of nitriles is 1. The topological polar surface area (TPSA) is 135 Å². The molecule has 0 radical (unpaired) electrons. The Bertz CT molecular complexity index is 1090. The van der Waals surface area contributed by atoms with Gasteiger partial charge in [0.05, 0.1) is 12.6 Å². The third-order valence-corrected chi connectivity index (χ3v) is 5.16. The van der Waals surface area contributed by atoms with Crippen molar-refractivity contribution in [3.05, 3.63) is 70.8 Å². The van der Waals surface area contributed by atoms with Gasteiger partial charge in [-0.3, -0.25) is 19.6 Å². The average Bonchev–Trinajstić information content (AvgIpc) is 2.86. The van der Waals surface area contributed by atoms with Crippen molar-refractivity contribution in [2.45, 2.75) is 19.0 Å². The highest BCUT2D eigenvalue weighted by Gasteiger charge is 2.47. The fraction of sp³-hybridized carbons (Fsp3) is 0.250. The normalized spacial score (nSPS) is 11.7. The first-order chi connectivity index (χ1) is 15.8. The summed E-state index contributed by atoms with van der Waals surface area (Å²) < 4.78 is 0. The van der Waals surface area contributed by atoms with Crippen LogP contribution in [0.2, 0.25) is 0 Å². The minimum absolute atomic E-state index is 0.248. The van der Waals surface area contributed by atoms with Gasteiger partial charge in [0, 0.05) is 37.3 Å². The number of carbonyl (C=O) groups is 3. The van der Waals surface area contributed by atoms with Gasteiger partial charge in [-0.05, 0) is 48.9 Å². The number of carbonyl (C=O) groups excluding carboxylic acids is 3. The molecule has 0 bridgehead atoms. The summed E-state index contributed by atoms with van der Waals surface area (Å²) in [4.78, 5) is 38.2. The first kappa shape index (κ1) is 25.1. The van der Waals surface area contributed by atoms with Crippen LogP contribution in [0.3, 0.4) is 0 Å². The second kappa shape index (κ2) is 11.4. The molecule has 0 aliphatic heterocycles. The second-order valence-electron chi connectivity index (χ2n) is 7.24. The molecule has 0 spiro atoms. The van der Waals surface area contributed by atoms with E-state index in [4.69, 9.17) is 10.5 Å². The molecular formula is C24H25N5O4. The van der Waals surface area contributed by atoms with Gasteiger partial charge in [-0.1, -0.05) is 24.0 Å². The van der Waals surface area contributed by atoms with Crippen LogP contribution >= 0.6 is 0 Å². The fourth-order valence-electron chi connectivity index (χ4n) is 2.97. The lowest BCUT2D eigenvalue weighted by molar-refractivity contribution is -0.148. The van der Waals surface area contributed by atoms with Gasteiger partial charge in [0.25, 0.3) is 17.7 Å². The van der Waals surface area contributed by atoms with Crippen LogP contribution in [0, 0.1) is 23.2 Å². The summed E-state index contributed by atoms with van der Waals surface area (Å²) in [6.07, 6.45) is 0. The third-order valence-electron chi connectivity index (χ3n) is 5.16. The van der Waals surface area contributed by atoms with Gasteiger partial charge >= 0.3 is 0 Å². The van der Waals surface area contributed by atoms with Gasteiger partial charge in [0.1, 0.15) is 0 Å². The van der Waals surface area contributed by atoms with Crippen molar-refractivity contribution < 1.29 is 19.6 Å². The molecule has 1 atom stereocenters. The van der Waals surface area contributed by atoms with E-state index in [9.17, 15) is 14.4 Å². The van der Waals surface area contributed by atoms with Crippen molar-refractivity contribution in [3.8, 4) is 17.9 Å². The van der Waals surface area contributed by atoms with Gasteiger partial charge < -0.3 is 15.5 Å². The Kier molecular flexibility index (Phi) is 8.70. The number of nitrogens with zero attached hydrogens (tertiary/aromatic N) is 2. The van der Waals surface area contributed by atoms with Crippen molar-refractivity contribution >= 4 is 17.7 Å². The molecule has 170 valence electrons. The standard InChI is InChI=1S/C24H25N5O4/c1-24(22(31)26-2,23(32)28-33)29(3)21(30)20-12-10-18(11-13-20)5-4-17-6-8-19(9-7-17)16-27-15-14-25/h6-13,27,33H,15-16H2,1-3H3,(H,26,31)(H,28,32)/t24-/m0/s1. The summed E-state index contributed by atoms with van der Waals surface area (Å²) >= 11 is 0. The number of amides is 3. The molecule has 33 heavy (non-hydrogen) atoms. The number of likely N-dealkylation sites (N-methyl/N-ethyl adjacent to an activating group) is 2. The van der Waals surface area contributed by atoms with Crippen molar-refractivity contribution in [1.29, 1.82) is 5.26 Å². The summed E-state index contributed by atoms with van der Waals surface area (Å²) in [6, 6.07) is 16.1. The molecule has 0 saturated heterocycles. The Labute approximate surface area is 192 Å². The lowest BCUT2D eigenvalue weighted by atomic mass is 9.96. The zero-order valence-corrected chi connectivity index (χ0v) is 18.6. The number of rotatable bonds is 7. The molecule has 0 aromatic heterocycles. The predicted octanol–water partition coefficient (Wildman–Crippen LogP) is 0.782. The van der Waals surface area contributed by atoms with Crippen molar-refractivity contribution in [3.63, 3.8) is 0 Å². The van der Waals surface area contributed by atoms with E-state index in [1.54, 1.807) is 24.3 Å². The van der Waals surface area contributed by atoms with E-state index in [1.807, 2.05) is 30.3 Å². The molecule has 9 nitrogen and oxygen atoms in total. The average molecular weight is 447 g/mol. The van der Waals surface area contributed by atoms with E-state index in [0.29, 0.717) is 12.1 Å². The maximum atomic E-state index is 12.9. The van der Waals surface area contributed by atoms with Gasteiger partial charge in [0.2, 0.25) is 0 Å². The number of nitrogens with one attached hydrogen (secondary N) is 3. The van der Waals surface area contributed by atoms with Crippen LogP contribution in [0.15, 0.2) is 48.5 Å². The molecule has 9 heteroatoms. The Morgan fingerprint density at radius 2 is 1.55 bits per heavy atom. The number of hydroxylamine groups is 1. The Balaban J connectivity index is 2.14. The Morgan fingerprint density at radius 1 is 1.00 bits per heavy atom. The number of hydrogen-bond acceptors (Lipinski definition) is 6. The van der Waals surface area contributed by atoms with Crippen LogP contribution in [-0.4, -0.2) is 54.0 Å². The molecule has 4 N–H and O–H groups in total. The molecule has 0 fully saturated rings. The Morgan fingerprint density at radius 3 is 2.03 bits per heavy atom. The van der Waals surface area contributed by atoms with E-state index in [0.717, 1.165) is 16.0 Å². The monoisotopic (exact) mass is 447 g/mol. The minimum Gasteiger partial charge on any atom is -0.357 e. The number of hydrogen-bond donors (Lipinski definition) is 4. The summed E-state index contributed by atoms with van der Waals surface area (Å²) in [5.74, 6) is 3.70. The summed E-state index contributed by atoms with van der Waals surface area (Å²) in [6.45, 7) is 2.12. The van der Waals surface area contributed by atoms with Gasteiger partial charge in [-0.15, -0.1) is 0 Å². The Hall–Kier alpha value is -4.18. The summed E-state index contributed by atoms with van der Waals surface area (Å²) in [7, 11) is 2.64. The lowest BCUT2D eigenvalue weighted by Crippen LogP contribution is -2.64. The molecule has 3 amide bonds. The second-order valence-corrected chi connectivity index (χ2v) is 7.24. The van der Waals surface area contributed by atoms with E-state index in [-0.39, 0.29) is 12.1 Å². The predicted molar refractivity (Wildman–Crippen MR) is 121 cm³/mol. The quantitative estimate of drug-likeness (QED) is 0.124. The smallest absolute Gasteiger partial charge is 0.278 e. The highest BCUT2D eigenvalue weighted by Crippen LogP contribution is 2.18. The van der Waals surface area contributed by atoms with Gasteiger partial charge in [-0.2, -0.15) is 5.26 Å². The fourth-order valence-corrected chi connectivity index (χ4v) is 2.97. The van der Waals surface area contributed by atoms with Crippen molar-refractivity contribution in [2.24, 2.45) is 0 Å². The van der Waals surface area contributed by atoms with Crippen LogP contribution in [0.1, 0.15) is 34.0 Å². The number of benzene rings is 2. The summed E-state index contributed by atoms with van der Waals surface area (Å²) in [5.41, 5.74) is 2.27. The lowest BCUT2D eigenvalue weighted by Gasteiger charge is -2.34. The van der Waals surface area contributed by atoms with Crippen LogP contribution in [0.5, 0.6) is 0 Å². The first-order valence-corrected chi connectivity index (χ1v) is 10.0. The van der Waals surface area contributed by atoms with E-state index in [2.05, 4.69) is 22.5 Å². The molecule has 0 saturated carbocycles. The molecule has 2 aromatic carbocycles. The highest BCUT2D eigenvalue weighted by atomic mass is 16.5. The molecule has 0 heterocycles. The van der Waals surface area contributed by atoms with Crippen molar-refractivity contribution in [1.82, 2.24) is 21.0 Å². The zero-order valence-electron chi connectivity index (χ0n) is 18.6. The SMILES string of the molecule is CNC(=O)[C@@](C)(C(=O)NO)N(C)C(=O)c1ccc(C#Cc2ccc(CNCC#N)cc2)cc1. The summed E-state index contributed by atoms with van der Waals surface area (Å²) in [5, 5.41) is 22.9. The van der Waals surface area contributed by atoms with Crippen LogP contribution in [0.25, 0.3) is 0 Å². The zero-order chi connectivity index (χ0) is 24.4. The van der Waals surface area contributed by atoms with Crippen LogP contribution in [0.4, 0.5) is 0 Å². The van der Waals surface area contributed by atoms with E-state index >= 15 is 0 Å². The van der Waals surface area contributed by atoms with Crippen LogP contribution in [-0.2, 0) is 16.1 Å². The highest BCUT2D eigenvalue weighted by molar-refractivity contribution is 6.12. The molecule has 0 aliphatic carbocycles. The molecule has 2 rings (SSSR count). The minimum atomic E-state index is -1.95. The van der Waals surface area contributed by atoms with E-state index in [1.165, 1.54) is 26.5 Å². The molecular weight excluding hydrogens is 422 g/mol.